The van der Waals surface area contributed by atoms with Crippen molar-refractivity contribution in [2.45, 2.75) is 0 Å². The van der Waals surface area contributed by atoms with E-state index in [1.54, 1.807) is 12.1 Å². The molecule has 0 radical (unpaired) electrons. The first-order valence-corrected chi connectivity index (χ1v) is 4.50. The number of hydrogen-bond acceptors (Lipinski definition) is 4. The molecule has 0 saturated heterocycles. The van der Waals surface area contributed by atoms with Gasteiger partial charge >= 0.3 is 0 Å². The number of nitrogens with zero attached hydrogens (tertiary/aromatic N) is 1. The first kappa shape index (κ1) is 11.3. The molecule has 0 saturated carbocycles. The van der Waals surface area contributed by atoms with Gasteiger partial charge in [-0.25, -0.2) is 0 Å². The Kier molecular flexibility index (Phi) is 3.87. The lowest BCUT2D eigenvalue weighted by atomic mass is 10.2. The molecule has 0 spiro atoms. The van der Waals surface area contributed by atoms with Gasteiger partial charge in [-0.3, -0.25) is 5.43 Å². The number of benzene rings is 1. The van der Waals surface area contributed by atoms with Crippen molar-refractivity contribution in [3.05, 3.63) is 23.8 Å². The molecule has 5 nitrogen and oxygen atoms in total. The summed E-state index contributed by atoms with van der Waals surface area (Å²) in [5, 5.41) is 13.3. The highest BCUT2D eigenvalue weighted by Gasteiger charge is 2.04. The van der Waals surface area contributed by atoms with Crippen LogP contribution in [0.3, 0.4) is 0 Å². The van der Waals surface area contributed by atoms with Gasteiger partial charge in [-0.05, 0) is 24.4 Å². The molecule has 0 bridgehead atoms. The largest absolute Gasteiger partial charge is 0.504 e. The van der Waals surface area contributed by atoms with Crippen LogP contribution in [0.5, 0.6) is 11.5 Å². The molecule has 6 heteroatoms. The number of thiocarbonyl (C=S) groups is 1. The minimum absolute atomic E-state index is 0.0526. The van der Waals surface area contributed by atoms with Gasteiger partial charge in [0.05, 0.1) is 13.3 Å². The van der Waals surface area contributed by atoms with E-state index in [1.165, 1.54) is 19.4 Å². The lowest BCUT2D eigenvalue weighted by molar-refractivity contribution is 0.373. The zero-order valence-corrected chi connectivity index (χ0v) is 8.91. The molecular weight excluding hydrogens is 214 g/mol. The number of aromatic hydroxyl groups is 1. The monoisotopic (exact) mass is 225 g/mol. The van der Waals surface area contributed by atoms with Gasteiger partial charge in [-0.15, -0.1) is 0 Å². The fourth-order valence-corrected chi connectivity index (χ4v) is 1.08. The van der Waals surface area contributed by atoms with E-state index in [9.17, 15) is 5.11 Å². The lowest BCUT2D eigenvalue weighted by Gasteiger charge is -2.05. The maximum absolute atomic E-state index is 9.44. The Hall–Kier alpha value is -1.82. The third kappa shape index (κ3) is 3.10. The second-order valence-corrected chi connectivity index (χ2v) is 3.07. The molecular formula is C9H11N3O2S. The summed E-state index contributed by atoms with van der Waals surface area (Å²) in [5.41, 5.74) is 8.22. The quantitative estimate of drug-likeness (QED) is 0.398. The normalized spacial score (nSPS) is 10.2. The summed E-state index contributed by atoms with van der Waals surface area (Å²) in [5.74, 6) is 0.405. The highest BCUT2D eigenvalue weighted by atomic mass is 32.1. The average Bonchev–Trinajstić information content (AvgIpc) is 2.17. The van der Waals surface area contributed by atoms with E-state index in [-0.39, 0.29) is 10.9 Å². The molecule has 0 aliphatic rings. The van der Waals surface area contributed by atoms with Crippen LogP contribution in [0.1, 0.15) is 5.56 Å². The van der Waals surface area contributed by atoms with Crippen LogP contribution in [-0.4, -0.2) is 23.5 Å². The van der Waals surface area contributed by atoms with Crippen molar-refractivity contribution in [1.82, 2.24) is 5.43 Å². The molecule has 0 heterocycles. The van der Waals surface area contributed by atoms with Gasteiger partial charge in [0.25, 0.3) is 0 Å². The molecule has 1 aromatic carbocycles. The number of para-hydroxylation sites is 1. The summed E-state index contributed by atoms with van der Waals surface area (Å²) >= 11 is 4.57. The van der Waals surface area contributed by atoms with Crippen LogP contribution < -0.4 is 15.9 Å². The molecule has 80 valence electrons. The molecule has 0 atom stereocenters. The number of nitrogens with two attached hydrogens (primary N) is 1. The first-order chi connectivity index (χ1) is 7.15. The highest BCUT2D eigenvalue weighted by Crippen LogP contribution is 2.27. The van der Waals surface area contributed by atoms with Crippen molar-refractivity contribution in [2.24, 2.45) is 10.8 Å². The predicted molar refractivity (Wildman–Crippen MR) is 62.2 cm³/mol. The minimum atomic E-state index is 0.0526. The maximum atomic E-state index is 9.44. The summed E-state index contributed by atoms with van der Waals surface area (Å²) < 4.78 is 5.00. The van der Waals surface area contributed by atoms with E-state index in [1.807, 2.05) is 0 Å². The van der Waals surface area contributed by atoms with Gasteiger partial charge in [-0.1, -0.05) is 6.07 Å². The summed E-state index contributed by atoms with van der Waals surface area (Å²) in [4.78, 5) is 0. The third-order valence-corrected chi connectivity index (χ3v) is 1.70. The van der Waals surface area contributed by atoms with Crippen LogP contribution in [0.4, 0.5) is 0 Å². The number of methoxy groups -OCH3 is 1. The Morgan fingerprint density at radius 1 is 1.67 bits per heavy atom. The Labute approximate surface area is 92.5 Å². The Bertz CT molecular complexity index is 393. The van der Waals surface area contributed by atoms with Crippen molar-refractivity contribution >= 4 is 23.5 Å². The van der Waals surface area contributed by atoms with Crippen molar-refractivity contribution < 1.29 is 9.84 Å². The molecule has 1 aromatic rings. The maximum Gasteiger partial charge on any atom is 0.184 e. The molecule has 0 aromatic heterocycles. The van der Waals surface area contributed by atoms with Gasteiger partial charge in [0.1, 0.15) is 0 Å². The van der Waals surface area contributed by atoms with Crippen molar-refractivity contribution in [2.75, 3.05) is 7.11 Å². The second-order valence-electron chi connectivity index (χ2n) is 2.63. The second kappa shape index (κ2) is 5.16. The number of phenols is 1. The van der Waals surface area contributed by atoms with E-state index >= 15 is 0 Å². The van der Waals surface area contributed by atoms with Crippen molar-refractivity contribution in [3.63, 3.8) is 0 Å². The number of nitrogens with one attached hydrogen (secondary N) is 1. The van der Waals surface area contributed by atoms with Gasteiger partial charge in [0, 0.05) is 5.56 Å². The number of hydrazone groups is 1. The predicted octanol–water partition coefficient (Wildman–Crippen LogP) is 0.568. The number of ether oxygens (including phenoxy) is 1. The van der Waals surface area contributed by atoms with Crippen LogP contribution in [0, 0.1) is 0 Å². The van der Waals surface area contributed by atoms with Crippen LogP contribution >= 0.6 is 12.2 Å². The molecule has 0 aliphatic heterocycles. The first-order valence-electron chi connectivity index (χ1n) is 4.09. The van der Waals surface area contributed by atoms with Gasteiger partial charge in [-0.2, -0.15) is 5.10 Å². The fraction of sp³-hybridized carbons (Fsp3) is 0.111. The van der Waals surface area contributed by atoms with Crippen molar-refractivity contribution in [1.29, 1.82) is 0 Å². The smallest absolute Gasteiger partial charge is 0.184 e. The van der Waals surface area contributed by atoms with Gasteiger partial charge in [0.2, 0.25) is 0 Å². The van der Waals surface area contributed by atoms with Gasteiger partial charge < -0.3 is 15.6 Å². The van der Waals surface area contributed by atoms with E-state index < -0.39 is 0 Å². The van der Waals surface area contributed by atoms with Crippen LogP contribution in [-0.2, 0) is 0 Å². The van der Waals surface area contributed by atoms with E-state index in [0.717, 1.165) is 0 Å². The highest BCUT2D eigenvalue weighted by molar-refractivity contribution is 7.80. The fourth-order valence-electron chi connectivity index (χ4n) is 1.03. The van der Waals surface area contributed by atoms with E-state index in [0.29, 0.717) is 11.3 Å². The molecule has 1 rings (SSSR count). The van der Waals surface area contributed by atoms with Crippen LogP contribution in [0.15, 0.2) is 23.3 Å². The topological polar surface area (TPSA) is 79.9 Å². The zero-order chi connectivity index (χ0) is 11.3. The number of rotatable bonds is 3. The molecule has 0 fully saturated rings. The zero-order valence-electron chi connectivity index (χ0n) is 8.10. The molecule has 0 amide bonds. The summed E-state index contributed by atoms with van der Waals surface area (Å²) in [6, 6.07) is 4.94. The number of phenolic OH excluding ortho intramolecular Hbond substituents is 1. The van der Waals surface area contributed by atoms with Crippen LogP contribution in [0.2, 0.25) is 0 Å². The van der Waals surface area contributed by atoms with Gasteiger partial charge in [0.15, 0.2) is 16.6 Å². The summed E-state index contributed by atoms with van der Waals surface area (Å²) in [6.07, 6.45) is 1.46. The average molecular weight is 225 g/mol. The molecule has 4 N–H and O–H groups in total. The number of hydrogen-bond donors (Lipinski definition) is 3. The molecule has 0 unspecified atom stereocenters. The summed E-state index contributed by atoms with van der Waals surface area (Å²) in [6.45, 7) is 0. The third-order valence-electron chi connectivity index (χ3n) is 1.61. The van der Waals surface area contributed by atoms with Crippen LogP contribution in [0.25, 0.3) is 0 Å². The van der Waals surface area contributed by atoms with E-state index in [4.69, 9.17) is 10.5 Å². The Balaban J connectivity index is 2.89. The summed E-state index contributed by atoms with van der Waals surface area (Å²) in [7, 11) is 1.47. The minimum Gasteiger partial charge on any atom is -0.504 e. The van der Waals surface area contributed by atoms with Crippen molar-refractivity contribution in [3.8, 4) is 11.5 Å². The van der Waals surface area contributed by atoms with E-state index in [2.05, 4.69) is 22.7 Å². The SMILES string of the molecule is COc1c(O)cccc1/C=N/NC(N)=S. The molecule has 0 aliphatic carbocycles. The standard InChI is InChI=1S/C9H11N3O2S/c1-14-8-6(3-2-4-7(8)13)5-11-12-9(10)15/h2-5,13H,1H3,(H3,10,12,15)/b11-5+. The Morgan fingerprint density at radius 2 is 2.40 bits per heavy atom. The lowest BCUT2D eigenvalue weighted by Crippen LogP contribution is -2.24. The molecule has 15 heavy (non-hydrogen) atoms. The Morgan fingerprint density at radius 3 is 3.00 bits per heavy atom.